The van der Waals surface area contributed by atoms with Gasteiger partial charge in [0.15, 0.2) is 0 Å². The van der Waals surface area contributed by atoms with Crippen LogP contribution in [0.3, 0.4) is 0 Å². The van der Waals surface area contributed by atoms with Crippen LogP contribution < -0.4 is 0 Å². The SMILES string of the molecule is Cc1cnc(C2CCC2)n1CCC1CCN(C(=O)c2ccncc2)CC1. The van der Waals surface area contributed by atoms with Crippen molar-refractivity contribution in [2.75, 3.05) is 13.1 Å². The maximum atomic E-state index is 12.5. The molecule has 2 aromatic rings. The molecule has 1 aliphatic heterocycles. The van der Waals surface area contributed by atoms with E-state index in [0.717, 1.165) is 38.0 Å². The largest absolute Gasteiger partial charge is 0.339 e. The number of aryl methyl sites for hydroxylation is 1. The molecule has 3 heterocycles. The Hall–Kier alpha value is -2.17. The van der Waals surface area contributed by atoms with E-state index in [0.29, 0.717) is 11.8 Å². The Morgan fingerprint density at radius 2 is 1.88 bits per heavy atom. The van der Waals surface area contributed by atoms with Gasteiger partial charge in [-0.05, 0) is 57.1 Å². The summed E-state index contributed by atoms with van der Waals surface area (Å²) in [6.07, 6.45) is 12.7. The van der Waals surface area contributed by atoms with E-state index in [1.807, 2.05) is 11.1 Å². The fraction of sp³-hybridized carbons (Fsp3) is 0.571. The Morgan fingerprint density at radius 1 is 1.15 bits per heavy atom. The van der Waals surface area contributed by atoms with Gasteiger partial charge in [-0.15, -0.1) is 0 Å². The maximum absolute atomic E-state index is 12.5. The standard InChI is InChI=1S/C21H28N4O/c1-16-15-23-20(18-3-2-4-18)25(16)14-9-17-7-12-24(13-8-17)21(26)19-5-10-22-11-6-19/h5-6,10-11,15,17-18H,2-4,7-9,12-14H2,1H3. The Morgan fingerprint density at radius 3 is 2.54 bits per heavy atom. The van der Waals surface area contributed by atoms with Crippen molar-refractivity contribution in [2.45, 2.75) is 57.9 Å². The lowest BCUT2D eigenvalue weighted by Gasteiger charge is -2.32. The number of rotatable bonds is 5. The van der Waals surface area contributed by atoms with Crippen molar-refractivity contribution < 1.29 is 4.79 Å². The second kappa shape index (κ2) is 7.60. The molecular formula is C21H28N4O. The molecule has 2 aliphatic rings. The molecule has 1 saturated carbocycles. The van der Waals surface area contributed by atoms with E-state index in [1.165, 1.54) is 37.2 Å². The molecule has 0 unspecified atom stereocenters. The van der Waals surface area contributed by atoms with Gasteiger partial charge in [-0.3, -0.25) is 9.78 Å². The number of imidazole rings is 1. The Bertz CT molecular complexity index is 743. The van der Waals surface area contributed by atoms with Gasteiger partial charge in [-0.1, -0.05) is 6.42 Å². The summed E-state index contributed by atoms with van der Waals surface area (Å²) < 4.78 is 2.44. The molecule has 0 bridgehead atoms. The van der Waals surface area contributed by atoms with Crippen LogP contribution in [0, 0.1) is 12.8 Å². The predicted molar refractivity (Wildman–Crippen MR) is 101 cm³/mol. The van der Waals surface area contributed by atoms with E-state index in [-0.39, 0.29) is 5.91 Å². The van der Waals surface area contributed by atoms with Crippen LogP contribution in [0.5, 0.6) is 0 Å². The van der Waals surface area contributed by atoms with Crippen molar-refractivity contribution in [2.24, 2.45) is 5.92 Å². The molecule has 0 radical (unpaired) electrons. The Kier molecular flexibility index (Phi) is 5.05. The van der Waals surface area contributed by atoms with Crippen LogP contribution in [0.25, 0.3) is 0 Å². The van der Waals surface area contributed by atoms with Gasteiger partial charge in [0, 0.05) is 55.4 Å². The quantitative estimate of drug-likeness (QED) is 0.822. The molecular weight excluding hydrogens is 324 g/mol. The highest BCUT2D eigenvalue weighted by atomic mass is 16.2. The number of carbonyl (C=O) groups excluding carboxylic acids is 1. The third-order valence-electron chi connectivity index (χ3n) is 6.15. The first-order chi connectivity index (χ1) is 12.7. The van der Waals surface area contributed by atoms with E-state index in [9.17, 15) is 4.79 Å². The van der Waals surface area contributed by atoms with E-state index < -0.39 is 0 Å². The number of aromatic nitrogens is 3. The molecule has 26 heavy (non-hydrogen) atoms. The molecule has 2 aromatic heterocycles. The van der Waals surface area contributed by atoms with Gasteiger partial charge in [-0.25, -0.2) is 4.98 Å². The minimum absolute atomic E-state index is 0.142. The second-order valence-corrected chi connectivity index (χ2v) is 7.80. The molecule has 2 fully saturated rings. The lowest BCUT2D eigenvalue weighted by atomic mass is 9.84. The first-order valence-corrected chi connectivity index (χ1v) is 9.93. The monoisotopic (exact) mass is 352 g/mol. The van der Waals surface area contributed by atoms with Gasteiger partial charge >= 0.3 is 0 Å². The van der Waals surface area contributed by atoms with Crippen molar-refractivity contribution in [3.05, 3.63) is 47.8 Å². The smallest absolute Gasteiger partial charge is 0.253 e. The zero-order chi connectivity index (χ0) is 17.9. The van der Waals surface area contributed by atoms with E-state index >= 15 is 0 Å². The molecule has 1 amide bonds. The molecule has 4 rings (SSSR count). The molecule has 1 saturated heterocycles. The molecule has 5 nitrogen and oxygen atoms in total. The lowest BCUT2D eigenvalue weighted by molar-refractivity contribution is 0.0684. The Balaban J connectivity index is 1.29. The van der Waals surface area contributed by atoms with E-state index in [2.05, 4.69) is 21.5 Å². The highest BCUT2D eigenvalue weighted by Gasteiger charge is 2.26. The summed E-state index contributed by atoms with van der Waals surface area (Å²) >= 11 is 0. The predicted octanol–water partition coefficient (Wildman–Crippen LogP) is 3.80. The minimum atomic E-state index is 0.142. The van der Waals surface area contributed by atoms with Crippen LogP contribution in [-0.2, 0) is 6.54 Å². The third kappa shape index (κ3) is 3.53. The summed E-state index contributed by atoms with van der Waals surface area (Å²) in [5, 5.41) is 0. The highest BCUT2D eigenvalue weighted by Crippen LogP contribution is 2.36. The molecule has 0 N–H and O–H groups in total. The first-order valence-electron chi connectivity index (χ1n) is 9.93. The number of piperidine rings is 1. The molecule has 5 heteroatoms. The van der Waals surface area contributed by atoms with E-state index in [1.54, 1.807) is 24.5 Å². The Labute approximate surface area is 155 Å². The highest BCUT2D eigenvalue weighted by molar-refractivity contribution is 5.94. The summed E-state index contributed by atoms with van der Waals surface area (Å²) in [5.74, 6) is 2.83. The molecule has 1 aliphatic carbocycles. The van der Waals surface area contributed by atoms with Gasteiger partial charge in [0.25, 0.3) is 5.91 Å². The fourth-order valence-corrected chi connectivity index (χ4v) is 4.18. The van der Waals surface area contributed by atoms with Crippen LogP contribution in [0.1, 0.15) is 66.3 Å². The molecule has 138 valence electrons. The van der Waals surface area contributed by atoms with Crippen LogP contribution in [0.4, 0.5) is 0 Å². The number of likely N-dealkylation sites (tertiary alicyclic amines) is 1. The van der Waals surface area contributed by atoms with E-state index in [4.69, 9.17) is 0 Å². The number of carbonyl (C=O) groups is 1. The van der Waals surface area contributed by atoms with Crippen LogP contribution in [0.2, 0.25) is 0 Å². The molecule has 0 atom stereocenters. The zero-order valence-corrected chi connectivity index (χ0v) is 15.6. The summed E-state index contributed by atoms with van der Waals surface area (Å²) in [5.41, 5.74) is 2.04. The van der Waals surface area contributed by atoms with Crippen molar-refractivity contribution in [1.82, 2.24) is 19.4 Å². The van der Waals surface area contributed by atoms with Crippen LogP contribution >= 0.6 is 0 Å². The third-order valence-corrected chi connectivity index (χ3v) is 6.15. The number of amides is 1. The second-order valence-electron chi connectivity index (χ2n) is 7.80. The lowest BCUT2D eigenvalue weighted by Crippen LogP contribution is -2.38. The van der Waals surface area contributed by atoms with Gasteiger partial charge in [0.2, 0.25) is 0 Å². The van der Waals surface area contributed by atoms with Crippen LogP contribution in [-0.4, -0.2) is 38.4 Å². The van der Waals surface area contributed by atoms with Crippen molar-refractivity contribution in [3.8, 4) is 0 Å². The van der Waals surface area contributed by atoms with Crippen molar-refractivity contribution in [3.63, 3.8) is 0 Å². The average molecular weight is 352 g/mol. The van der Waals surface area contributed by atoms with Crippen molar-refractivity contribution in [1.29, 1.82) is 0 Å². The number of nitrogens with zero attached hydrogens (tertiary/aromatic N) is 4. The van der Waals surface area contributed by atoms with Crippen LogP contribution in [0.15, 0.2) is 30.7 Å². The first kappa shape index (κ1) is 17.3. The topological polar surface area (TPSA) is 51.0 Å². The maximum Gasteiger partial charge on any atom is 0.253 e. The molecule has 0 aromatic carbocycles. The van der Waals surface area contributed by atoms with Crippen molar-refractivity contribution >= 4 is 5.91 Å². The summed E-state index contributed by atoms with van der Waals surface area (Å²) in [7, 11) is 0. The number of pyridine rings is 1. The number of hydrogen-bond donors (Lipinski definition) is 0. The van der Waals surface area contributed by atoms with Gasteiger partial charge < -0.3 is 9.47 Å². The molecule has 0 spiro atoms. The van der Waals surface area contributed by atoms with Gasteiger partial charge in [0.1, 0.15) is 5.82 Å². The fourth-order valence-electron chi connectivity index (χ4n) is 4.18. The summed E-state index contributed by atoms with van der Waals surface area (Å²) in [6.45, 7) is 4.97. The average Bonchev–Trinajstić information content (AvgIpc) is 2.99. The zero-order valence-electron chi connectivity index (χ0n) is 15.6. The minimum Gasteiger partial charge on any atom is -0.339 e. The summed E-state index contributed by atoms with van der Waals surface area (Å²) in [6, 6.07) is 3.61. The normalized spacial score (nSPS) is 18.7. The number of hydrogen-bond acceptors (Lipinski definition) is 3. The van der Waals surface area contributed by atoms with Gasteiger partial charge in [0.05, 0.1) is 0 Å². The summed E-state index contributed by atoms with van der Waals surface area (Å²) in [4.78, 5) is 23.2. The van der Waals surface area contributed by atoms with Gasteiger partial charge in [-0.2, -0.15) is 0 Å².